The van der Waals surface area contributed by atoms with Gasteiger partial charge in [0.15, 0.2) is 5.78 Å². The topological polar surface area (TPSA) is 20.3 Å². The Labute approximate surface area is 128 Å². The van der Waals surface area contributed by atoms with Gasteiger partial charge in [0.2, 0.25) is 0 Å². The fraction of sp³-hybridized carbons (Fsp3) is 0.526. The number of benzene rings is 1. The maximum atomic E-state index is 12.0. The second-order valence-electron chi connectivity index (χ2n) is 6.26. The van der Waals surface area contributed by atoms with E-state index in [9.17, 15) is 4.79 Å². The highest BCUT2D eigenvalue weighted by molar-refractivity contribution is 5.94. The van der Waals surface area contributed by atoms with Gasteiger partial charge in [0.1, 0.15) is 0 Å². The number of hydrogen-bond donors (Lipinski definition) is 0. The van der Waals surface area contributed by atoms with Crippen LogP contribution in [-0.2, 0) is 4.79 Å². The van der Waals surface area contributed by atoms with Crippen LogP contribution in [0.2, 0.25) is 0 Å². The number of aryl methyl sites for hydroxylation is 3. The van der Waals surface area contributed by atoms with E-state index in [-0.39, 0.29) is 5.78 Å². The fourth-order valence-corrected chi connectivity index (χ4v) is 3.17. The van der Waals surface area contributed by atoms with Gasteiger partial charge in [-0.05, 0) is 69.5 Å². The van der Waals surface area contributed by atoms with Gasteiger partial charge in [-0.15, -0.1) is 0 Å². The van der Waals surface area contributed by atoms with Gasteiger partial charge in [-0.25, -0.2) is 0 Å². The van der Waals surface area contributed by atoms with Gasteiger partial charge in [-0.3, -0.25) is 4.79 Å². The molecule has 1 saturated heterocycles. The zero-order valence-corrected chi connectivity index (χ0v) is 13.6. The number of carbonyl (C=O) groups is 1. The van der Waals surface area contributed by atoms with Crippen LogP contribution >= 0.6 is 0 Å². The third kappa shape index (κ3) is 4.82. The van der Waals surface area contributed by atoms with Gasteiger partial charge in [-0.2, -0.15) is 0 Å². The minimum Gasteiger partial charge on any atom is -0.303 e. The van der Waals surface area contributed by atoms with Crippen LogP contribution in [0.5, 0.6) is 0 Å². The van der Waals surface area contributed by atoms with Crippen molar-refractivity contribution >= 4 is 11.9 Å². The molecule has 1 fully saturated rings. The van der Waals surface area contributed by atoms with Gasteiger partial charge in [0.25, 0.3) is 0 Å². The molecule has 2 rings (SSSR count). The first-order valence-electron chi connectivity index (χ1n) is 8.07. The molecule has 1 heterocycles. The maximum absolute atomic E-state index is 12.0. The molecular formula is C19H27NO. The van der Waals surface area contributed by atoms with Gasteiger partial charge in [-0.1, -0.05) is 30.2 Å². The van der Waals surface area contributed by atoms with Gasteiger partial charge in [0, 0.05) is 13.0 Å². The molecule has 2 nitrogen and oxygen atoms in total. The van der Waals surface area contributed by atoms with E-state index in [4.69, 9.17) is 0 Å². The molecule has 0 radical (unpaired) electrons. The van der Waals surface area contributed by atoms with Crippen molar-refractivity contribution in [2.24, 2.45) is 0 Å². The Hall–Kier alpha value is -1.41. The highest BCUT2D eigenvalue weighted by Crippen LogP contribution is 2.18. The van der Waals surface area contributed by atoms with E-state index in [0.29, 0.717) is 6.42 Å². The molecule has 0 aliphatic carbocycles. The van der Waals surface area contributed by atoms with Crippen LogP contribution in [0.15, 0.2) is 18.2 Å². The van der Waals surface area contributed by atoms with Crippen molar-refractivity contribution in [3.63, 3.8) is 0 Å². The van der Waals surface area contributed by atoms with Crippen molar-refractivity contribution in [3.8, 4) is 0 Å². The summed E-state index contributed by atoms with van der Waals surface area (Å²) in [6, 6.07) is 4.34. The van der Waals surface area contributed by atoms with Crippen molar-refractivity contribution in [1.82, 2.24) is 4.90 Å². The van der Waals surface area contributed by atoms with Gasteiger partial charge >= 0.3 is 0 Å². The molecule has 1 aliphatic heterocycles. The molecule has 0 atom stereocenters. The second-order valence-corrected chi connectivity index (χ2v) is 6.26. The molecule has 21 heavy (non-hydrogen) atoms. The number of likely N-dealkylation sites (tertiary alicyclic amines) is 1. The molecule has 1 aliphatic rings. The predicted octanol–water partition coefficient (Wildman–Crippen LogP) is 4.07. The molecule has 0 saturated carbocycles. The van der Waals surface area contributed by atoms with E-state index < -0.39 is 0 Å². The largest absolute Gasteiger partial charge is 0.303 e. The maximum Gasteiger partial charge on any atom is 0.156 e. The summed E-state index contributed by atoms with van der Waals surface area (Å²) in [5, 5.41) is 0. The van der Waals surface area contributed by atoms with E-state index >= 15 is 0 Å². The molecule has 1 aromatic carbocycles. The molecule has 0 spiro atoms. The normalized spacial score (nSPS) is 16.5. The quantitative estimate of drug-likeness (QED) is 0.760. The van der Waals surface area contributed by atoms with E-state index in [0.717, 1.165) is 19.6 Å². The lowest BCUT2D eigenvalue weighted by Gasteiger charge is -2.25. The van der Waals surface area contributed by atoms with E-state index in [2.05, 4.69) is 37.8 Å². The summed E-state index contributed by atoms with van der Waals surface area (Å²) in [6.07, 6.45) is 8.30. The van der Waals surface area contributed by atoms with Crippen LogP contribution in [0.1, 0.15) is 47.9 Å². The minimum atomic E-state index is 0.236. The van der Waals surface area contributed by atoms with Crippen LogP contribution in [-0.4, -0.2) is 30.3 Å². The fourth-order valence-electron chi connectivity index (χ4n) is 3.17. The lowest BCUT2D eigenvalue weighted by Crippen LogP contribution is -2.31. The minimum absolute atomic E-state index is 0.236. The van der Waals surface area contributed by atoms with Gasteiger partial charge < -0.3 is 4.90 Å². The summed E-state index contributed by atoms with van der Waals surface area (Å²) in [7, 11) is 0. The predicted molar refractivity (Wildman–Crippen MR) is 89.6 cm³/mol. The van der Waals surface area contributed by atoms with Crippen LogP contribution < -0.4 is 0 Å². The number of hydrogen-bond acceptors (Lipinski definition) is 2. The number of piperidine rings is 1. The zero-order chi connectivity index (χ0) is 15.2. The van der Waals surface area contributed by atoms with Gasteiger partial charge in [0.05, 0.1) is 0 Å². The summed E-state index contributed by atoms with van der Waals surface area (Å²) in [5.74, 6) is 0.236. The molecule has 0 amide bonds. The highest BCUT2D eigenvalue weighted by Gasteiger charge is 2.10. The Morgan fingerprint density at radius 2 is 1.71 bits per heavy atom. The Bertz CT molecular complexity index is 501. The highest BCUT2D eigenvalue weighted by atomic mass is 16.1. The first kappa shape index (κ1) is 16.0. The molecule has 0 N–H and O–H groups in total. The number of rotatable bonds is 5. The first-order chi connectivity index (χ1) is 10.1. The Morgan fingerprint density at radius 3 is 2.33 bits per heavy atom. The molecule has 1 aromatic rings. The van der Waals surface area contributed by atoms with Crippen molar-refractivity contribution < 1.29 is 4.79 Å². The zero-order valence-electron chi connectivity index (χ0n) is 13.6. The summed E-state index contributed by atoms with van der Waals surface area (Å²) >= 11 is 0. The lowest BCUT2D eigenvalue weighted by molar-refractivity contribution is -0.114. The average Bonchev–Trinajstić information content (AvgIpc) is 2.45. The van der Waals surface area contributed by atoms with Crippen molar-refractivity contribution in [3.05, 3.63) is 40.5 Å². The Balaban J connectivity index is 1.90. The van der Waals surface area contributed by atoms with Crippen LogP contribution in [0.3, 0.4) is 0 Å². The smallest absolute Gasteiger partial charge is 0.156 e. The number of carbonyl (C=O) groups excluding carboxylic acids is 1. The third-order valence-electron chi connectivity index (χ3n) is 4.30. The van der Waals surface area contributed by atoms with E-state index in [1.54, 1.807) is 6.08 Å². The number of allylic oxidation sites excluding steroid dienone is 1. The molecule has 114 valence electrons. The van der Waals surface area contributed by atoms with Crippen molar-refractivity contribution in [2.45, 2.75) is 46.5 Å². The third-order valence-corrected chi connectivity index (χ3v) is 4.30. The molecule has 0 bridgehead atoms. The summed E-state index contributed by atoms with van der Waals surface area (Å²) in [6.45, 7) is 9.56. The monoisotopic (exact) mass is 285 g/mol. The van der Waals surface area contributed by atoms with Crippen LogP contribution in [0.25, 0.3) is 6.08 Å². The standard InChI is InChI=1S/C19H27NO/c1-15-13-16(2)19(17(3)14-15)8-7-18(21)9-12-20-10-5-4-6-11-20/h7-8,13-14H,4-6,9-12H2,1-3H3. The summed E-state index contributed by atoms with van der Waals surface area (Å²) < 4.78 is 0. The van der Waals surface area contributed by atoms with Crippen LogP contribution in [0.4, 0.5) is 0 Å². The molecule has 0 aromatic heterocycles. The van der Waals surface area contributed by atoms with Crippen molar-refractivity contribution in [1.29, 1.82) is 0 Å². The Morgan fingerprint density at radius 1 is 1.10 bits per heavy atom. The molecule has 0 unspecified atom stereocenters. The van der Waals surface area contributed by atoms with E-state index in [1.807, 2.05) is 6.08 Å². The summed E-state index contributed by atoms with van der Waals surface area (Å²) in [4.78, 5) is 14.4. The number of ketones is 1. The van der Waals surface area contributed by atoms with Crippen molar-refractivity contribution in [2.75, 3.05) is 19.6 Å². The van der Waals surface area contributed by atoms with Crippen LogP contribution in [0, 0.1) is 20.8 Å². The lowest BCUT2D eigenvalue weighted by atomic mass is 9.99. The Kier molecular flexibility index (Phi) is 5.75. The average molecular weight is 285 g/mol. The molecule has 2 heteroatoms. The first-order valence-corrected chi connectivity index (χ1v) is 8.07. The number of nitrogens with zero attached hydrogens (tertiary/aromatic N) is 1. The van der Waals surface area contributed by atoms with E-state index in [1.165, 1.54) is 41.5 Å². The summed E-state index contributed by atoms with van der Waals surface area (Å²) in [5.41, 5.74) is 4.95. The SMILES string of the molecule is Cc1cc(C)c(C=CC(=O)CCN2CCCCC2)c(C)c1. The second kappa shape index (κ2) is 7.56. The molecular weight excluding hydrogens is 258 g/mol.